The van der Waals surface area contributed by atoms with E-state index in [0.717, 1.165) is 0 Å². The lowest BCUT2D eigenvalue weighted by atomic mass is 9.89. The summed E-state index contributed by atoms with van der Waals surface area (Å²) in [5.41, 5.74) is -0.571. The van der Waals surface area contributed by atoms with Crippen LogP contribution < -0.4 is 9.13 Å². The first kappa shape index (κ1) is 13.8. The predicted octanol–water partition coefficient (Wildman–Crippen LogP) is -1.39. The molecule has 2 rings (SSSR count). The van der Waals surface area contributed by atoms with Crippen LogP contribution in [0.15, 0.2) is 37.4 Å². The Morgan fingerprint density at radius 3 is 1.58 bits per heavy atom. The highest BCUT2D eigenvalue weighted by Crippen LogP contribution is 2.21. The molecule has 6 nitrogen and oxygen atoms in total. The maximum atomic E-state index is 9.71. The second kappa shape index (κ2) is 5.54. The largest absolute Gasteiger partial charge is 0.395 e. The first-order valence-electron chi connectivity index (χ1n) is 6.31. The van der Waals surface area contributed by atoms with E-state index < -0.39 is 5.41 Å². The standard InChI is InChI=1S/C13H22N4O2/c1-14-3-5-16(11-14)7-13(9-18,10-19)8-17-6-4-15(2)12-17/h3-6,11-12,18-19H,7-10H2,1-2H3/q+2. The summed E-state index contributed by atoms with van der Waals surface area (Å²) in [5, 5.41) is 19.4. The summed E-state index contributed by atoms with van der Waals surface area (Å²) < 4.78 is 7.84. The van der Waals surface area contributed by atoms with Crippen LogP contribution in [0.25, 0.3) is 0 Å². The van der Waals surface area contributed by atoms with Gasteiger partial charge in [-0.05, 0) is 0 Å². The summed E-state index contributed by atoms with van der Waals surface area (Å²) in [5.74, 6) is 0. The van der Waals surface area contributed by atoms with E-state index in [1.807, 2.05) is 69.8 Å². The van der Waals surface area contributed by atoms with Crippen LogP contribution in [-0.2, 0) is 27.2 Å². The number of aryl methyl sites for hydroxylation is 2. The van der Waals surface area contributed by atoms with Crippen LogP contribution >= 0.6 is 0 Å². The van der Waals surface area contributed by atoms with Gasteiger partial charge < -0.3 is 10.2 Å². The summed E-state index contributed by atoms with van der Waals surface area (Å²) >= 11 is 0. The van der Waals surface area contributed by atoms with Gasteiger partial charge in [-0.15, -0.1) is 0 Å². The molecule has 2 N–H and O–H groups in total. The van der Waals surface area contributed by atoms with E-state index in [1.165, 1.54) is 0 Å². The molecule has 0 aliphatic rings. The highest BCUT2D eigenvalue weighted by atomic mass is 16.3. The Morgan fingerprint density at radius 1 is 0.895 bits per heavy atom. The molecule has 0 fully saturated rings. The third-order valence-corrected chi connectivity index (χ3v) is 3.35. The van der Waals surface area contributed by atoms with Crippen molar-refractivity contribution in [3.8, 4) is 0 Å². The molecule has 0 atom stereocenters. The highest BCUT2D eigenvalue weighted by Gasteiger charge is 2.34. The van der Waals surface area contributed by atoms with E-state index in [2.05, 4.69) is 0 Å². The Balaban J connectivity index is 2.16. The maximum absolute atomic E-state index is 9.71. The fraction of sp³-hybridized carbons (Fsp3) is 0.538. The molecule has 0 amide bonds. The average Bonchev–Trinajstić information content (AvgIpc) is 2.97. The van der Waals surface area contributed by atoms with E-state index in [1.54, 1.807) is 0 Å². The molecule has 2 aromatic rings. The van der Waals surface area contributed by atoms with Gasteiger partial charge in [-0.3, -0.25) is 0 Å². The van der Waals surface area contributed by atoms with Gasteiger partial charge in [0.25, 0.3) is 0 Å². The molecule has 0 bridgehead atoms. The van der Waals surface area contributed by atoms with Crippen LogP contribution in [0.4, 0.5) is 0 Å². The van der Waals surface area contributed by atoms with E-state index in [0.29, 0.717) is 13.1 Å². The fourth-order valence-corrected chi connectivity index (χ4v) is 2.27. The molecule has 0 saturated heterocycles. The number of hydrogen-bond acceptors (Lipinski definition) is 2. The third kappa shape index (κ3) is 3.21. The zero-order chi connectivity index (χ0) is 13.9. The zero-order valence-electron chi connectivity index (χ0n) is 11.5. The van der Waals surface area contributed by atoms with E-state index in [9.17, 15) is 10.2 Å². The van der Waals surface area contributed by atoms with Crippen LogP contribution in [0.5, 0.6) is 0 Å². The molecule has 19 heavy (non-hydrogen) atoms. The molecule has 0 aliphatic heterocycles. The quantitative estimate of drug-likeness (QED) is 0.633. The van der Waals surface area contributed by atoms with Crippen molar-refractivity contribution in [3.05, 3.63) is 37.4 Å². The first-order chi connectivity index (χ1) is 9.07. The van der Waals surface area contributed by atoms with Gasteiger partial charge in [0.1, 0.15) is 37.9 Å². The highest BCUT2D eigenvalue weighted by molar-refractivity contribution is 4.83. The van der Waals surface area contributed by atoms with Gasteiger partial charge in [-0.2, -0.15) is 0 Å². The zero-order valence-corrected chi connectivity index (χ0v) is 11.5. The lowest BCUT2D eigenvalue weighted by Crippen LogP contribution is -2.39. The van der Waals surface area contributed by atoms with Gasteiger partial charge in [0.05, 0.1) is 32.7 Å². The fourth-order valence-electron chi connectivity index (χ4n) is 2.27. The average molecular weight is 266 g/mol. The molecule has 2 heterocycles. The molecule has 0 unspecified atom stereocenters. The van der Waals surface area contributed by atoms with E-state index >= 15 is 0 Å². The molecule has 0 radical (unpaired) electrons. The van der Waals surface area contributed by atoms with Crippen molar-refractivity contribution in [1.82, 2.24) is 9.13 Å². The topological polar surface area (TPSA) is 58.1 Å². The second-order valence-corrected chi connectivity index (χ2v) is 5.32. The van der Waals surface area contributed by atoms with Crippen LogP contribution in [0.2, 0.25) is 0 Å². The van der Waals surface area contributed by atoms with Crippen molar-refractivity contribution >= 4 is 0 Å². The van der Waals surface area contributed by atoms with Gasteiger partial charge in [-0.25, -0.2) is 18.3 Å². The molecule has 6 heteroatoms. The van der Waals surface area contributed by atoms with Crippen molar-refractivity contribution in [2.45, 2.75) is 13.1 Å². The number of nitrogens with zero attached hydrogens (tertiary/aromatic N) is 4. The predicted molar refractivity (Wildman–Crippen MR) is 67.8 cm³/mol. The number of aromatic nitrogens is 4. The molecule has 0 saturated carbocycles. The van der Waals surface area contributed by atoms with Gasteiger partial charge in [-0.1, -0.05) is 0 Å². The Labute approximate surface area is 112 Å². The Kier molecular flexibility index (Phi) is 4.01. The van der Waals surface area contributed by atoms with E-state index in [4.69, 9.17) is 0 Å². The summed E-state index contributed by atoms with van der Waals surface area (Å²) in [4.78, 5) is 0. The van der Waals surface area contributed by atoms with Crippen LogP contribution in [0.1, 0.15) is 0 Å². The van der Waals surface area contributed by atoms with Gasteiger partial charge in [0, 0.05) is 0 Å². The van der Waals surface area contributed by atoms with Crippen molar-refractivity contribution < 1.29 is 19.3 Å². The summed E-state index contributed by atoms with van der Waals surface area (Å²) in [6.45, 7) is 1.02. The molecule has 0 spiro atoms. The van der Waals surface area contributed by atoms with Gasteiger partial charge in [0.2, 0.25) is 12.7 Å². The first-order valence-corrected chi connectivity index (χ1v) is 6.31. The number of aliphatic hydroxyl groups excluding tert-OH is 2. The summed E-state index contributed by atoms with van der Waals surface area (Å²) in [6, 6.07) is 0. The third-order valence-electron chi connectivity index (χ3n) is 3.35. The monoisotopic (exact) mass is 266 g/mol. The van der Waals surface area contributed by atoms with Gasteiger partial charge in [0.15, 0.2) is 0 Å². The number of aliphatic hydroxyl groups is 2. The molecule has 0 aliphatic carbocycles. The molecular weight excluding hydrogens is 244 g/mol. The number of hydrogen-bond donors (Lipinski definition) is 2. The van der Waals surface area contributed by atoms with Crippen LogP contribution in [0.3, 0.4) is 0 Å². The van der Waals surface area contributed by atoms with Crippen LogP contribution in [0, 0.1) is 5.41 Å². The Morgan fingerprint density at radius 2 is 1.32 bits per heavy atom. The molecule has 2 aromatic heterocycles. The normalized spacial score (nSPS) is 12.0. The molecule has 104 valence electrons. The smallest absolute Gasteiger partial charge is 0.243 e. The minimum atomic E-state index is -0.571. The minimum Gasteiger partial charge on any atom is -0.395 e. The van der Waals surface area contributed by atoms with Crippen molar-refractivity contribution in [3.63, 3.8) is 0 Å². The van der Waals surface area contributed by atoms with Crippen molar-refractivity contribution in [2.24, 2.45) is 19.5 Å². The molecular formula is C13H22N4O2+2. The SMILES string of the molecule is C[n+]1ccn(CC(CO)(CO)Cn2cc[n+](C)c2)c1. The van der Waals surface area contributed by atoms with E-state index in [-0.39, 0.29) is 13.2 Å². The summed E-state index contributed by atoms with van der Waals surface area (Å²) in [6.07, 6.45) is 11.6. The molecule has 0 aromatic carbocycles. The maximum Gasteiger partial charge on any atom is 0.243 e. The lowest BCUT2D eigenvalue weighted by molar-refractivity contribution is -0.671. The second-order valence-electron chi connectivity index (χ2n) is 5.32. The Hall–Kier alpha value is -1.66. The number of rotatable bonds is 6. The number of imidazole rings is 2. The van der Waals surface area contributed by atoms with Crippen molar-refractivity contribution in [1.29, 1.82) is 0 Å². The van der Waals surface area contributed by atoms with Gasteiger partial charge >= 0.3 is 0 Å². The van der Waals surface area contributed by atoms with Crippen molar-refractivity contribution in [2.75, 3.05) is 13.2 Å². The lowest BCUT2D eigenvalue weighted by Gasteiger charge is -2.25. The Bertz CT molecular complexity index is 484. The van der Waals surface area contributed by atoms with Crippen LogP contribution in [-0.4, -0.2) is 32.6 Å². The summed E-state index contributed by atoms with van der Waals surface area (Å²) in [7, 11) is 3.89. The minimum absolute atomic E-state index is 0.0622.